The van der Waals surface area contributed by atoms with Crippen molar-refractivity contribution in [2.45, 2.75) is 6.42 Å². The summed E-state index contributed by atoms with van der Waals surface area (Å²) in [5.41, 5.74) is 0. The molecule has 1 saturated heterocycles. The Morgan fingerprint density at radius 1 is 1.33 bits per heavy atom. The third kappa shape index (κ3) is 4.34. The maximum atomic E-state index is 10.6. The number of carbonyl (C=O) groups is 1. The molecule has 0 amide bonds. The van der Waals surface area contributed by atoms with E-state index in [2.05, 4.69) is 20.2 Å². The molecular formula is C17H20N4O3. The summed E-state index contributed by atoms with van der Waals surface area (Å²) >= 11 is 0. The van der Waals surface area contributed by atoms with Gasteiger partial charge in [0.05, 0.1) is 0 Å². The molecule has 0 bridgehead atoms. The van der Waals surface area contributed by atoms with Crippen LogP contribution in [0.5, 0.6) is 5.88 Å². The van der Waals surface area contributed by atoms with Crippen molar-refractivity contribution >= 4 is 17.6 Å². The normalized spacial score (nSPS) is 16.8. The number of ether oxygens (including phenoxy) is 1. The zero-order chi connectivity index (χ0) is 16.8. The van der Waals surface area contributed by atoms with Gasteiger partial charge in [-0.1, -0.05) is 12.1 Å². The van der Waals surface area contributed by atoms with E-state index >= 15 is 0 Å². The molecule has 126 valence electrons. The van der Waals surface area contributed by atoms with Gasteiger partial charge in [0.1, 0.15) is 11.6 Å². The van der Waals surface area contributed by atoms with Crippen LogP contribution in [-0.4, -0.2) is 47.3 Å². The Bertz CT molecular complexity index is 681. The van der Waals surface area contributed by atoms with E-state index in [-0.39, 0.29) is 6.61 Å². The number of carboxylic acids is 1. The highest BCUT2D eigenvalue weighted by Gasteiger charge is 2.23. The minimum absolute atomic E-state index is 0.338. The van der Waals surface area contributed by atoms with E-state index in [0.29, 0.717) is 11.8 Å². The molecule has 3 rings (SSSR count). The van der Waals surface area contributed by atoms with Gasteiger partial charge in [-0.25, -0.2) is 9.78 Å². The van der Waals surface area contributed by atoms with Crippen LogP contribution in [-0.2, 0) is 4.79 Å². The van der Waals surface area contributed by atoms with Gasteiger partial charge >= 0.3 is 5.97 Å². The molecule has 1 unspecified atom stereocenters. The van der Waals surface area contributed by atoms with Crippen LogP contribution in [0.15, 0.2) is 42.6 Å². The molecular weight excluding hydrogens is 308 g/mol. The fourth-order valence-electron chi connectivity index (χ4n) is 2.72. The van der Waals surface area contributed by atoms with Crippen molar-refractivity contribution < 1.29 is 14.6 Å². The second-order valence-electron chi connectivity index (χ2n) is 5.71. The first-order chi connectivity index (χ1) is 11.7. The predicted octanol–water partition coefficient (Wildman–Crippen LogP) is 1.88. The van der Waals surface area contributed by atoms with Crippen molar-refractivity contribution in [2.75, 3.05) is 36.5 Å². The van der Waals surface area contributed by atoms with Crippen molar-refractivity contribution in [3.63, 3.8) is 0 Å². The highest BCUT2D eigenvalue weighted by atomic mass is 16.5. The van der Waals surface area contributed by atoms with E-state index in [1.807, 2.05) is 30.3 Å². The molecule has 0 saturated carbocycles. The highest BCUT2D eigenvalue weighted by molar-refractivity contribution is 5.68. The van der Waals surface area contributed by atoms with Crippen LogP contribution in [0.4, 0.5) is 11.6 Å². The van der Waals surface area contributed by atoms with Gasteiger partial charge in [0.15, 0.2) is 6.61 Å². The number of anilines is 2. The summed E-state index contributed by atoms with van der Waals surface area (Å²) < 4.78 is 5.14. The summed E-state index contributed by atoms with van der Waals surface area (Å²) in [5, 5.41) is 12.0. The molecule has 2 aromatic rings. The number of rotatable bonds is 7. The predicted molar refractivity (Wildman–Crippen MR) is 90.4 cm³/mol. The van der Waals surface area contributed by atoms with Crippen LogP contribution in [0, 0.1) is 5.92 Å². The number of carboxylic acid groups (broad SMARTS) is 1. The van der Waals surface area contributed by atoms with E-state index in [1.165, 1.54) is 0 Å². The third-order valence-corrected chi connectivity index (χ3v) is 3.90. The lowest BCUT2D eigenvalue weighted by molar-refractivity contribution is -0.139. The van der Waals surface area contributed by atoms with Gasteiger partial charge < -0.3 is 20.1 Å². The van der Waals surface area contributed by atoms with Crippen molar-refractivity contribution in [3.8, 4) is 5.88 Å². The minimum Gasteiger partial charge on any atom is -0.479 e. The molecule has 0 radical (unpaired) electrons. The average molecular weight is 328 g/mol. The Morgan fingerprint density at radius 2 is 2.25 bits per heavy atom. The Kier molecular flexibility index (Phi) is 5.10. The molecule has 24 heavy (non-hydrogen) atoms. The number of hydrogen-bond acceptors (Lipinski definition) is 6. The minimum atomic E-state index is -1.01. The van der Waals surface area contributed by atoms with Gasteiger partial charge in [-0.05, 0) is 30.5 Å². The van der Waals surface area contributed by atoms with Gasteiger partial charge in [0.2, 0.25) is 5.88 Å². The lowest BCUT2D eigenvalue weighted by Crippen LogP contribution is -2.23. The standard InChI is InChI=1S/C17H20N4O3/c22-17(23)12-24-16-6-3-5-15(20-16)21-9-7-13(11-21)10-19-14-4-1-2-8-18-14/h1-6,8,13H,7,9-12H2,(H,18,19)(H,22,23). The maximum absolute atomic E-state index is 10.6. The molecule has 0 aromatic carbocycles. The summed E-state index contributed by atoms with van der Waals surface area (Å²) in [6.45, 7) is 2.30. The van der Waals surface area contributed by atoms with Crippen molar-refractivity contribution in [1.82, 2.24) is 9.97 Å². The molecule has 1 aliphatic rings. The Balaban J connectivity index is 1.53. The first kappa shape index (κ1) is 16.0. The van der Waals surface area contributed by atoms with Crippen LogP contribution in [0.1, 0.15) is 6.42 Å². The SMILES string of the molecule is O=C(O)COc1cccc(N2CCC(CNc3ccccn3)C2)n1. The molecule has 0 spiro atoms. The largest absolute Gasteiger partial charge is 0.479 e. The first-order valence-corrected chi connectivity index (χ1v) is 7.92. The topological polar surface area (TPSA) is 87.6 Å². The molecule has 7 heteroatoms. The summed E-state index contributed by atoms with van der Waals surface area (Å²) in [7, 11) is 0. The van der Waals surface area contributed by atoms with Crippen LogP contribution in [0.25, 0.3) is 0 Å². The van der Waals surface area contributed by atoms with Crippen LogP contribution < -0.4 is 15.0 Å². The smallest absolute Gasteiger partial charge is 0.341 e. The number of aliphatic carboxylic acids is 1. The second kappa shape index (κ2) is 7.63. The zero-order valence-electron chi connectivity index (χ0n) is 13.3. The van der Waals surface area contributed by atoms with Crippen molar-refractivity contribution in [3.05, 3.63) is 42.6 Å². The summed E-state index contributed by atoms with van der Waals surface area (Å²) in [4.78, 5) is 21.4. The molecule has 7 nitrogen and oxygen atoms in total. The number of nitrogens with zero attached hydrogens (tertiary/aromatic N) is 3. The zero-order valence-corrected chi connectivity index (χ0v) is 13.3. The van der Waals surface area contributed by atoms with E-state index in [0.717, 1.165) is 37.7 Å². The molecule has 2 N–H and O–H groups in total. The Morgan fingerprint density at radius 3 is 3.04 bits per heavy atom. The van der Waals surface area contributed by atoms with Crippen LogP contribution in [0.3, 0.4) is 0 Å². The van der Waals surface area contributed by atoms with E-state index in [9.17, 15) is 4.79 Å². The fraction of sp³-hybridized carbons (Fsp3) is 0.353. The fourth-order valence-corrected chi connectivity index (χ4v) is 2.72. The molecule has 1 aliphatic heterocycles. The van der Waals surface area contributed by atoms with E-state index in [1.54, 1.807) is 12.3 Å². The number of nitrogens with one attached hydrogen (secondary N) is 1. The first-order valence-electron chi connectivity index (χ1n) is 7.92. The quantitative estimate of drug-likeness (QED) is 0.802. The van der Waals surface area contributed by atoms with Gasteiger partial charge in [0.25, 0.3) is 0 Å². The lowest BCUT2D eigenvalue weighted by Gasteiger charge is -2.18. The maximum Gasteiger partial charge on any atom is 0.341 e. The number of pyridine rings is 2. The summed E-state index contributed by atoms with van der Waals surface area (Å²) in [5.74, 6) is 1.54. The third-order valence-electron chi connectivity index (χ3n) is 3.90. The lowest BCUT2D eigenvalue weighted by atomic mass is 10.1. The van der Waals surface area contributed by atoms with Gasteiger partial charge in [-0.2, -0.15) is 4.98 Å². The number of hydrogen-bond donors (Lipinski definition) is 2. The molecule has 3 heterocycles. The highest BCUT2D eigenvalue weighted by Crippen LogP contribution is 2.24. The molecule has 0 aliphatic carbocycles. The van der Waals surface area contributed by atoms with Gasteiger partial charge in [0, 0.05) is 31.9 Å². The van der Waals surface area contributed by atoms with Crippen molar-refractivity contribution in [1.29, 1.82) is 0 Å². The summed E-state index contributed by atoms with van der Waals surface area (Å²) in [6.07, 6.45) is 2.84. The molecule has 1 atom stereocenters. The summed E-state index contributed by atoms with van der Waals surface area (Å²) in [6, 6.07) is 11.2. The monoisotopic (exact) mass is 328 g/mol. The van der Waals surface area contributed by atoms with Crippen LogP contribution >= 0.6 is 0 Å². The van der Waals surface area contributed by atoms with E-state index in [4.69, 9.17) is 9.84 Å². The van der Waals surface area contributed by atoms with Gasteiger partial charge in [-0.3, -0.25) is 0 Å². The average Bonchev–Trinajstić information content (AvgIpc) is 3.08. The Hall–Kier alpha value is -2.83. The molecule has 2 aromatic heterocycles. The van der Waals surface area contributed by atoms with E-state index < -0.39 is 5.97 Å². The Labute approximate surface area is 140 Å². The van der Waals surface area contributed by atoms with Crippen LogP contribution in [0.2, 0.25) is 0 Å². The molecule has 1 fully saturated rings. The number of aromatic nitrogens is 2. The second-order valence-corrected chi connectivity index (χ2v) is 5.71. The van der Waals surface area contributed by atoms with Crippen molar-refractivity contribution in [2.24, 2.45) is 5.92 Å². The van der Waals surface area contributed by atoms with Gasteiger partial charge in [-0.15, -0.1) is 0 Å².